The molecule has 1 aliphatic rings. The second-order valence-corrected chi connectivity index (χ2v) is 9.25. The van der Waals surface area contributed by atoms with Crippen LogP contribution < -0.4 is 9.80 Å². The molecule has 1 fully saturated rings. The number of alkyl halides is 4. The van der Waals surface area contributed by atoms with E-state index in [0.29, 0.717) is 16.9 Å². The van der Waals surface area contributed by atoms with Crippen molar-refractivity contribution in [2.45, 2.75) is 25.5 Å². The summed E-state index contributed by atoms with van der Waals surface area (Å²) in [4.78, 5) is 32.3. The number of benzene rings is 1. The van der Waals surface area contributed by atoms with Crippen molar-refractivity contribution in [3.05, 3.63) is 83.8 Å². The molecule has 0 aliphatic carbocycles. The predicted molar refractivity (Wildman–Crippen MR) is 136 cm³/mol. The third kappa shape index (κ3) is 5.74. The molecular formula is C27H24F4N6O2. The molecule has 5 rings (SSSR count). The van der Waals surface area contributed by atoms with Gasteiger partial charge in [0.25, 0.3) is 0 Å². The van der Waals surface area contributed by atoms with Gasteiger partial charge >= 0.3 is 12.1 Å². The summed E-state index contributed by atoms with van der Waals surface area (Å²) in [5.41, 5.74) is 0.125. The number of hydrogen-bond donors (Lipinski definition) is 0. The number of halogens is 4. The molecule has 12 heteroatoms. The van der Waals surface area contributed by atoms with Gasteiger partial charge in [0.1, 0.15) is 18.1 Å². The zero-order chi connectivity index (χ0) is 27.6. The van der Waals surface area contributed by atoms with Gasteiger partial charge in [-0.15, -0.1) is 0 Å². The Bertz CT molecular complexity index is 1460. The third-order valence-electron chi connectivity index (χ3n) is 6.42. The molecule has 0 amide bonds. The third-order valence-corrected chi connectivity index (χ3v) is 6.42. The first-order valence-electron chi connectivity index (χ1n) is 12.2. The maximum atomic E-state index is 14.8. The molecule has 1 unspecified atom stereocenters. The van der Waals surface area contributed by atoms with Crippen molar-refractivity contribution in [1.29, 1.82) is 0 Å². The number of nitrogens with zero attached hydrogens (tertiary/aromatic N) is 6. The lowest BCUT2D eigenvalue weighted by atomic mass is 9.95. The average molecular weight is 541 g/mol. The van der Waals surface area contributed by atoms with Crippen LogP contribution in [0.2, 0.25) is 0 Å². The van der Waals surface area contributed by atoms with Gasteiger partial charge in [0.05, 0.1) is 5.39 Å². The highest BCUT2D eigenvalue weighted by Crippen LogP contribution is 2.33. The van der Waals surface area contributed by atoms with Crippen LogP contribution in [0.15, 0.2) is 67.0 Å². The lowest BCUT2D eigenvalue weighted by molar-refractivity contribution is -0.153. The Kier molecular flexibility index (Phi) is 7.27. The number of pyridine rings is 2. The summed E-state index contributed by atoms with van der Waals surface area (Å²) in [7, 11) is 1.62. The van der Waals surface area contributed by atoms with Gasteiger partial charge in [-0.25, -0.2) is 14.2 Å². The molecular weight excluding hydrogens is 516 g/mol. The highest BCUT2D eigenvalue weighted by atomic mass is 19.4. The lowest BCUT2D eigenvalue weighted by Gasteiger charge is -2.40. The summed E-state index contributed by atoms with van der Waals surface area (Å²) in [6, 6.07) is 15.2. The highest BCUT2D eigenvalue weighted by molar-refractivity contribution is 5.88. The van der Waals surface area contributed by atoms with Crippen LogP contribution in [-0.2, 0) is 28.9 Å². The summed E-state index contributed by atoms with van der Waals surface area (Å²) in [5.74, 6) is -0.932. The van der Waals surface area contributed by atoms with E-state index in [1.807, 2.05) is 6.07 Å². The Labute approximate surface area is 221 Å². The maximum absolute atomic E-state index is 14.8. The van der Waals surface area contributed by atoms with Crippen molar-refractivity contribution in [2.75, 3.05) is 29.9 Å². The number of carbonyl (C=O) groups is 1. The maximum Gasteiger partial charge on any atom is 0.433 e. The molecule has 1 atom stereocenters. The van der Waals surface area contributed by atoms with Crippen LogP contribution in [0, 0.1) is 5.92 Å². The van der Waals surface area contributed by atoms with E-state index >= 15 is 0 Å². The van der Waals surface area contributed by atoms with Gasteiger partial charge in [0, 0.05) is 50.6 Å². The molecule has 1 aromatic carbocycles. The quantitative estimate of drug-likeness (QED) is 0.237. The molecule has 0 bridgehead atoms. The first-order valence-corrected chi connectivity index (χ1v) is 12.2. The molecule has 39 heavy (non-hydrogen) atoms. The van der Waals surface area contributed by atoms with Crippen molar-refractivity contribution in [3.63, 3.8) is 0 Å². The predicted octanol–water partition coefficient (Wildman–Crippen LogP) is 4.59. The molecule has 0 radical (unpaired) electrons. The number of esters is 1. The van der Waals surface area contributed by atoms with E-state index in [1.54, 1.807) is 59.4 Å². The number of hydrogen-bond acceptors (Lipinski definition) is 8. The monoisotopic (exact) mass is 540 g/mol. The van der Waals surface area contributed by atoms with Crippen LogP contribution in [0.4, 0.5) is 29.3 Å². The number of ether oxygens (including phenoxy) is 1. The standard InChI is InChI=1S/C27H24F4N6O2/c1-36(13-18-9-5-11-32-22(18)27(29,30)31)24-20-10-6-12-33-23(20)34-26(35-24)37-14-19(15-37)21(28)25(38)39-16-17-7-3-2-4-8-17/h2-12,19,21H,13-16H2,1H3. The summed E-state index contributed by atoms with van der Waals surface area (Å²) in [6.45, 7) is 0.206. The van der Waals surface area contributed by atoms with Crippen LogP contribution in [-0.4, -0.2) is 52.2 Å². The Balaban J connectivity index is 1.31. The molecule has 202 valence electrons. The molecule has 0 saturated carbocycles. The SMILES string of the molecule is CN(Cc1cccnc1C(F)(F)F)c1nc(N2CC(C(F)C(=O)OCc3ccccc3)C2)nc2ncccc12. The molecule has 0 spiro atoms. The fourth-order valence-corrected chi connectivity index (χ4v) is 4.38. The summed E-state index contributed by atoms with van der Waals surface area (Å²) < 4.78 is 60.4. The normalized spacial score (nSPS) is 14.6. The van der Waals surface area contributed by atoms with Gasteiger partial charge in [-0.3, -0.25) is 4.98 Å². The van der Waals surface area contributed by atoms with E-state index in [-0.39, 0.29) is 37.8 Å². The van der Waals surface area contributed by atoms with Gasteiger partial charge in [0.15, 0.2) is 5.65 Å². The zero-order valence-electron chi connectivity index (χ0n) is 20.8. The molecule has 4 heterocycles. The van der Waals surface area contributed by atoms with Gasteiger partial charge in [-0.05, 0) is 23.8 Å². The Morgan fingerprint density at radius 1 is 1.05 bits per heavy atom. The van der Waals surface area contributed by atoms with Crippen LogP contribution in [0.1, 0.15) is 16.8 Å². The van der Waals surface area contributed by atoms with Crippen molar-refractivity contribution >= 4 is 28.8 Å². The fourth-order valence-electron chi connectivity index (χ4n) is 4.38. The van der Waals surface area contributed by atoms with E-state index in [9.17, 15) is 22.4 Å². The molecule has 4 aromatic rings. The number of anilines is 2. The van der Waals surface area contributed by atoms with Crippen LogP contribution in [0.5, 0.6) is 0 Å². The summed E-state index contributed by atoms with van der Waals surface area (Å²) in [6.07, 6.45) is -3.76. The fraction of sp³-hybridized carbons (Fsp3) is 0.296. The van der Waals surface area contributed by atoms with Crippen LogP contribution >= 0.6 is 0 Å². The number of fused-ring (bicyclic) bond motifs is 1. The molecule has 0 N–H and O–H groups in total. The van der Waals surface area contributed by atoms with Crippen molar-refractivity contribution in [1.82, 2.24) is 19.9 Å². The summed E-state index contributed by atoms with van der Waals surface area (Å²) in [5, 5.41) is 0.547. The van der Waals surface area contributed by atoms with E-state index in [0.717, 1.165) is 11.8 Å². The van der Waals surface area contributed by atoms with Crippen LogP contribution in [0.3, 0.4) is 0 Å². The molecule has 1 saturated heterocycles. The first kappa shape index (κ1) is 26.3. The Hall–Kier alpha value is -4.35. The molecule has 1 aliphatic heterocycles. The largest absolute Gasteiger partial charge is 0.459 e. The van der Waals surface area contributed by atoms with Crippen molar-refractivity contribution < 1.29 is 27.1 Å². The number of carbonyl (C=O) groups excluding carboxylic acids is 1. The Morgan fingerprint density at radius 2 is 1.77 bits per heavy atom. The molecule has 8 nitrogen and oxygen atoms in total. The first-order chi connectivity index (χ1) is 18.7. The van der Waals surface area contributed by atoms with Gasteiger partial charge in [0.2, 0.25) is 12.1 Å². The van der Waals surface area contributed by atoms with Gasteiger partial charge in [-0.2, -0.15) is 23.1 Å². The molecule has 3 aromatic heterocycles. The highest BCUT2D eigenvalue weighted by Gasteiger charge is 2.40. The van der Waals surface area contributed by atoms with Gasteiger partial charge < -0.3 is 14.5 Å². The number of aromatic nitrogens is 4. The minimum absolute atomic E-state index is 0.0111. The average Bonchev–Trinajstić information content (AvgIpc) is 2.90. The van der Waals surface area contributed by atoms with E-state index < -0.39 is 29.9 Å². The Morgan fingerprint density at radius 3 is 2.51 bits per heavy atom. The lowest BCUT2D eigenvalue weighted by Crippen LogP contribution is -2.53. The second kappa shape index (κ2) is 10.8. The summed E-state index contributed by atoms with van der Waals surface area (Å²) >= 11 is 0. The van der Waals surface area contributed by atoms with Gasteiger partial charge in [-0.1, -0.05) is 36.4 Å². The van der Waals surface area contributed by atoms with E-state index in [4.69, 9.17) is 4.74 Å². The van der Waals surface area contributed by atoms with Crippen LogP contribution in [0.25, 0.3) is 11.0 Å². The minimum atomic E-state index is -4.60. The minimum Gasteiger partial charge on any atom is -0.459 e. The number of rotatable bonds is 8. The van der Waals surface area contributed by atoms with E-state index in [1.165, 1.54) is 12.1 Å². The van der Waals surface area contributed by atoms with Crippen molar-refractivity contribution in [2.24, 2.45) is 5.92 Å². The zero-order valence-corrected chi connectivity index (χ0v) is 20.8. The van der Waals surface area contributed by atoms with Crippen molar-refractivity contribution in [3.8, 4) is 0 Å². The topological polar surface area (TPSA) is 84.3 Å². The van der Waals surface area contributed by atoms with E-state index in [2.05, 4.69) is 19.9 Å². The second-order valence-electron chi connectivity index (χ2n) is 9.25. The smallest absolute Gasteiger partial charge is 0.433 e.